The molecule has 1 aromatic heterocycles. The van der Waals surface area contributed by atoms with Crippen LogP contribution in [0, 0.1) is 11.7 Å². The molecular formula is C28H32FN3O3. The molecule has 1 spiro atoms. The number of benzene rings is 2. The van der Waals surface area contributed by atoms with Gasteiger partial charge in [0.1, 0.15) is 11.6 Å². The smallest absolute Gasteiger partial charge is 0.225 e. The van der Waals surface area contributed by atoms with Gasteiger partial charge in [-0.3, -0.25) is 9.69 Å². The Labute approximate surface area is 204 Å². The van der Waals surface area contributed by atoms with Gasteiger partial charge in [-0.1, -0.05) is 24.6 Å². The second-order valence-corrected chi connectivity index (χ2v) is 10.5. The van der Waals surface area contributed by atoms with Crippen molar-refractivity contribution < 1.29 is 19.0 Å². The number of amides is 1. The number of aliphatic hydroxyl groups is 1. The van der Waals surface area contributed by atoms with Gasteiger partial charge in [0.15, 0.2) is 0 Å². The maximum absolute atomic E-state index is 14.6. The molecule has 1 saturated carbocycles. The Hall–Kier alpha value is -2.90. The van der Waals surface area contributed by atoms with Crippen LogP contribution in [0.4, 0.5) is 4.39 Å². The summed E-state index contributed by atoms with van der Waals surface area (Å²) in [5, 5.41) is 11.7. The zero-order valence-corrected chi connectivity index (χ0v) is 20.3. The van der Waals surface area contributed by atoms with Crippen molar-refractivity contribution in [3.63, 3.8) is 0 Å². The number of ether oxygens (including phenoxy) is 1. The van der Waals surface area contributed by atoms with E-state index in [2.05, 4.69) is 15.5 Å². The fourth-order valence-corrected chi connectivity index (χ4v) is 6.49. The van der Waals surface area contributed by atoms with Crippen molar-refractivity contribution in [2.45, 2.75) is 37.3 Å². The minimum atomic E-state index is -0.269. The maximum atomic E-state index is 14.6. The van der Waals surface area contributed by atoms with Crippen molar-refractivity contribution in [2.24, 2.45) is 13.0 Å². The molecule has 35 heavy (non-hydrogen) atoms. The van der Waals surface area contributed by atoms with Crippen LogP contribution >= 0.6 is 0 Å². The van der Waals surface area contributed by atoms with Crippen molar-refractivity contribution >= 4 is 16.8 Å². The van der Waals surface area contributed by atoms with E-state index < -0.39 is 0 Å². The van der Waals surface area contributed by atoms with Gasteiger partial charge in [0, 0.05) is 67.3 Å². The molecule has 7 heteroatoms. The van der Waals surface area contributed by atoms with Crippen LogP contribution in [-0.4, -0.2) is 58.7 Å². The number of hydrogen-bond donors (Lipinski definition) is 1. The lowest BCUT2D eigenvalue weighted by Crippen LogP contribution is -2.68. The number of aliphatic hydroxyl groups excluding tert-OH is 1. The molecule has 1 saturated heterocycles. The molecule has 1 amide bonds. The first-order valence-electron chi connectivity index (χ1n) is 12.5. The van der Waals surface area contributed by atoms with E-state index in [1.807, 2.05) is 36.2 Å². The molecule has 2 fully saturated rings. The van der Waals surface area contributed by atoms with E-state index in [1.54, 1.807) is 13.2 Å². The number of nitrogens with zero attached hydrogens (tertiary/aromatic N) is 3. The number of rotatable bonds is 5. The third-order valence-electron chi connectivity index (χ3n) is 8.50. The van der Waals surface area contributed by atoms with Crippen LogP contribution in [0.3, 0.4) is 0 Å². The molecule has 184 valence electrons. The molecule has 1 aliphatic carbocycles. The Morgan fingerprint density at radius 3 is 2.60 bits per heavy atom. The lowest BCUT2D eigenvalue weighted by Gasteiger charge is -2.57. The number of aryl methyl sites for hydroxylation is 1. The maximum Gasteiger partial charge on any atom is 0.225 e. The molecule has 0 radical (unpaired) electrons. The molecule has 0 unspecified atom stereocenters. The van der Waals surface area contributed by atoms with Gasteiger partial charge in [0.05, 0.1) is 25.3 Å². The summed E-state index contributed by atoms with van der Waals surface area (Å²) in [7, 11) is 3.69. The third-order valence-corrected chi connectivity index (χ3v) is 8.50. The number of carbonyl (C=O) groups excluding carboxylic acids is 1. The van der Waals surface area contributed by atoms with Gasteiger partial charge in [-0.2, -0.15) is 0 Å². The SMILES string of the molecule is COc1ccc2c3c(n(C)c2c1)[C@H](CO)N(Cc1ccccc1F)CC31CN(C(=O)C2CCC2)C1. The summed E-state index contributed by atoms with van der Waals surface area (Å²) in [6.07, 6.45) is 3.13. The fourth-order valence-electron chi connectivity index (χ4n) is 6.49. The van der Waals surface area contributed by atoms with Crippen LogP contribution in [0.25, 0.3) is 10.9 Å². The highest BCUT2D eigenvalue weighted by molar-refractivity contribution is 5.90. The summed E-state index contributed by atoms with van der Waals surface area (Å²) < 4.78 is 22.3. The van der Waals surface area contributed by atoms with Crippen LogP contribution in [0.5, 0.6) is 5.75 Å². The number of likely N-dealkylation sites (tertiary alicyclic amines) is 1. The van der Waals surface area contributed by atoms with Gasteiger partial charge in [0.2, 0.25) is 5.91 Å². The number of aromatic nitrogens is 1. The van der Waals surface area contributed by atoms with E-state index in [4.69, 9.17) is 4.74 Å². The monoisotopic (exact) mass is 477 g/mol. The molecule has 2 aliphatic heterocycles. The fraction of sp³-hybridized carbons (Fsp3) is 0.464. The number of carbonyl (C=O) groups is 1. The van der Waals surface area contributed by atoms with Gasteiger partial charge in [-0.15, -0.1) is 0 Å². The summed E-state index contributed by atoms with van der Waals surface area (Å²) in [4.78, 5) is 17.2. The normalized spacial score (nSPS) is 21.6. The Bertz CT molecular complexity index is 1290. The number of methoxy groups -OCH3 is 1. The molecule has 1 N–H and O–H groups in total. The minimum Gasteiger partial charge on any atom is -0.497 e. The van der Waals surface area contributed by atoms with Crippen molar-refractivity contribution in [1.82, 2.24) is 14.4 Å². The summed E-state index contributed by atoms with van der Waals surface area (Å²) in [6.45, 7) is 2.32. The predicted molar refractivity (Wildman–Crippen MR) is 132 cm³/mol. The topological polar surface area (TPSA) is 57.9 Å². The summed E-state index contributed by atoms with van der Waals surface area (Å²) in [5.41, 5.74) is 3.68. The molecule has 3 heterocycles. The average Bonchev–Trinajstić information content (AvgIpc) is 3.09. The molecule has 3 aromatic rings. The molecular weight excluding hydrogens is 445 g/mol. The van der Waals surface area contributed by atoms with E-state index in [-0.39, 0.29) is 35.7 Å². The molecule has 6 rings (SSSR count). The zero-order chi connectivity index (χ0) is 24.3. The van der Waals surface area contributed by atoms with Crippen molar-refractivity contribution in [2.75, 3.05) is 33.4 Å². The minimum absolute atomic E-state index is 0.0659. The predicted octanol–water partition coefficient (Wildman–Crippen LogP) is 3.76. The van der Waals surface area contributed by atoms with E-state index in [0.29, 0.717) is 31.7 Å². The Kier molecular flexibility index (Phi) is 5.38. The largest absolute Gasteiger partial charge is 0.497 e. The first-order valence-corrected chi connectivity index (χ1v) is 12.5. The molecule has 2 aromatic carbocycles. The van der Waals surface area contributed by atoms with Crippen LogP contribution in [-0.2, 0) is 23.8 Å². The number of fused-ring (bicyclic) bond motifs is 4. The van der Waals surface area contributed by atoms with E-state index in [0.717, 1.165) is 41.6 Å². The molecule has 6 nitrogen and oxygen atoms in total. The molecule has 0 bridgehead atoms. The van der Waals surface area contributed by atoms with Crippen molar-refractivity contribution in [3.8, 4) is 5.75 Å². The van der Waals surface area contributed by atoms with Gasteiger partial charge in [0.25, 0.3) is 0 Å². The highest BCUT2D eigenvalue weighted by atomic mass is 19.1. The average molecular weight is 478 g/mol. The van der Waals surface area contributed by atoms with Gasteiger partial charge < -0.3 is 19.3 Å². The standard InChI is InChI=1S/C28H32FN3O3/c1-30-23-12-20(35-2)10-11-21(23)25-26(30)24(14-33)31(13-19-6-3-4-9-22(19)29)15-28(25)16-32(17-28)27(34)18-7-5-8-18/h3-4,6,9-12,18,24,33H,5,7-8,13-17H2,1-2H3/t24-/m0/s1. The Balaban J connectivity index is 1.45. The van der Waals surface area contributed by atoms with E-state index >= 15 is 0 Å². The van der Waals surface area contributed by atoms with Crippen molar-refractivity contribution in [1.29, 1.82) is 0 Å². The number of halogens is 1. The first kappa shape index (κ1) is 22.6. The van der Waals surface area contributed by atoms with Crippen molar-refractivity contribution in [3.05, 3.63) is 65.1 Å². The van der Waals surface area contributed by atoms with Crippen LogP contribution in [0.2, 0.25) is 0 Å². The zero-order valence-electron chi connectivity index (χ0n) is 20.3. The highest BCUT2D eigenvalue weighted by Gasteiger charge is 2.55. The third kappa shape index (κ3) is 3.39. The van der Waals surface area contributed by atoms with Crippen LogP contribution in [0.1, 0.15) is 42.1 Å². The lowest BCUT2D eigenvalue weighted by atomic mass is 9.68. The summed E-state index contributed by atoms with van der Waals surface area (Å²) >= 11 is 0. The van der Waals surface area contributed by atoms with Gasteiger partial charge in [-0.05, 0) is 36.6 Å². The van der Waals surface area contributed by atoms with Crippen LogP contribution < -0.4 is 4.74 Å². The molecule has 1 atom stereocenters. The summed E-state index contributed by atoms with van der Waals surface area (Å²) in [6, 6.07) is 12.7. The van der Waals surface area contributed by atoms with E-state index in [9.17, 15) is 14.3 Å². The highest BCUT2D eigenvalue weighted by Crippen LogP contribution is 2.50. The lowest BCUT2D eigenvalue weighted by molar-refractivity contribution is -0.148. The van der Waals surface area contributed by atoms with E-state index in [1.165, 1.54) is 11.6 Å². The second kappa shape index (κ2) is 8.35. The first-order chi connectivity index (χ1) is 17.0. The quantitative estimate of drug-likeness (QED) is 0.608. The summed E-state index contributed by atoms with van der Waals surface area (Å²) in [5.74, 6) is 0.993. The van der Waals surface area contributed by atoms with Gasteiger partial charge >= 0.3 is 0 Å². The number of hydrogen-bond acceptors (Lipinski definition) is 4. The van der Waals surface area contributed by atoms with Gasteiger partial charge in [-0.25, -0.2) is 4.39 Å². The Morgan fingerprint density at radius 2 is 1.94 bits per heavy atom. The second-order valence-electron chi connectivity index (χ2n) is 10.5. The van der Waals surface area contributed by atoms with Crippen LogP contribution in [0.15, 0.2) is 42.5 Å². The Morgan fingerprint density at radius 1 is 1.17 bits per heavy atom. The molecule has 3 aliphatic rings.